The lowest BCUT2D eigenvalue weighted by Gasteiger charge is -2.40. The Bertz CT molecular complexity index is 528. The van der Waals surface area contributed by atoms with Crippen LogP contribution in [0.1, 0.15) is 32.8 Å². The maximum atomic E-state index is 12.6. The predicted molar refractivity (Wildman–Crippen MR) is 82.8 cm³/mol. The van der Waals surface area contributed by atoms with Crippen LogP contribution in [0.2, 0.25) is 5.02 Å². The maximum absolute atomic E-state index is 12.6. The summed E-state index contributed by atoms with van der Waals surface area (Å²) in [6.07, 6.45) is 0.604. The SMILES string of the molecule is CCC1NC(=O)C(C(C)C)N(Cc2ccc(Cl)cc2)C1=O. The van der Waals surface area contributed by atoms with E-state index in [9.17, 15) is 9.59 Å². The minimum absolute atomic E-state index is 0.00856. The summed E-state index contributed by atoms with van der Waals surface area (Å²) in [5.41, 5.74) is 0.975. The molecule has 1 N–H and O–H groups in total. The van der Waals surface area contributed by atoms with Crippen molar-refractivity contribution < 1.29 is 9.59 Å². The fourth-order valence-corrected chi connectivity index (χ4v) is 2.83. The van der Waals surface area contributed by atoms with Gasteiger partial charge < -0.3 is 10.2 Å². The molecule has 21 heavy (non-hydrogen) atoms. The summed E-state index contributed by atoms with van der Waals surface area (Å²) in [4.78, 5) is 26.5. The second kappa shape index (κ2) is 6.48. The van der Waals surface area contributed by atoms with E-state index in [0.29, 0.717) is 18.0 Å². The molecule has 1 aromatic rings. The van der Waals surface area contributed by atoms with Crippen molar-refractivity contribution in [2.24, 2.45) is 5.92 Å². The van der Waals surface area contributed by atoms with Gasteiger partial charge in [0.2, 0.25) is 11.8 Å². The van der Waals surface area contributed by atoms with E-state index in [1.54, 1.807) is 17.0 Å². The number of hydrogen-bond acceptors (Lipinski definition) is 2. The number of nitrogens with one attached hydrogen (secondary N) is 1. The van der Waals surface area contributed by atoms with Crippen LogP contribution in [0.4, 0.5) is 0 Å². The summed E-state index contributed by atoms with van der Waals surface area (Å²) < 4.78 is 0. The third-order valence-corrected chi connectivity index (χ3v) is 4.06. The fourth-order valence-electron chi connectivity index (χ4n) is 2.70. The third-order valence-electron chi connectivity index (χ3n) is 3.81. The van der Waals surface area contributed by atoms with Gasteiger partial charge in [-0.25, -0.2) is 0 Å². The molecule has 114 valence electrons. The average Bonchev–Trinajstić information content (AvgIpc) is 2.44. The van der Waals surface area contributed by atoms with Crippen LogP contribution in [0.3, 0.4) is 0 Å². The van der Waals surface area contributed by atoms with Gasteiger partial charge in [-0.3, -0.25) is 9.59 Å². The second-order valence-corrected chi connectivity index (χ2v) is 6.19. The third kappa shape index (κ3) is 3.38. The zero-order valence-electron chi connectivity index (χ0n) is 12.6. The van der Waals surface area contributed by atoms with Crippen LogP contribution in [0, 0.1) is 5.92 Å². The molecule has 1 saturated heterocycles. The van der Waals surface area contributed by atoms with E-state index in [-0.39, 0.29) is 17.7 Å². The topological polar surface area (TPSA) is 49.4 Å². The van der Waals surface area contributed by atoms with E-state index < -0.39 is 12.1 Å². The van der Waals surface area contributed by atoms with Crippen molar-refractivity contribution in [2.75, 3.05) is 0 Å². The Balaban J connectivity index is 2.27. The van der Waals surface area contributed by atoms with Gasteiger partial charge in [-0.2, -0.15) is 0 Å². The standard InChI is InChI=1S/C16H21ClN2O2/c1-4-13-16(21)19(14(10(2)3)15(20)18-13)9-11-5-7-12(17)8-6-11/h5-8,10,13-14H,4,9H2,1-3H3,(H,18,20). The van der Waals surface area contributed by atoms with Gasteiger partial charge in [0, 0.05) is 11.6 Å². The molecule has 1 aromatic carbocycles. The van der Waals surface area contributed by atoms with Crippen molar-refractivity contribution in [2.45, 2.75) is 45.8 Å². The minimum atomic E-state index is -0.420. The predicted octanol–water partition coefficient (Wildman–Crippen LogP) is 2.60. The highest BCUT2D eigenvalue weighted by molar-refractivity contribution is 6.30. The van der Waals surface area contributed by atoms with Gasteiger partial charge in [0.25, 0.3) is 0 Å². The van der Waals surface area contributed by atoms with Crippen LogP contribution < -0.4 is 5.32 Å². The van der Waals surface area contributed by atoms with Crippen molar-refractivity contribution in [3.05, 3.63) is 34.9 Å². The van der Waals surface area contributed by atoms with Gasteiger partial charge in [0.15, 0.2) is 0 Å². The highest BCUT2D eigenvalue weighted by atomic mass is 35.5. The van der Waals surface area contributed by atoms with Crippen LogP contribution in [0.25, 0.3) is 0 Å². The van der Waals surface area contributed by atoms with Crippen molar-refractivity contribution >= 4 is 23.4 Å². The maximum Gasteiger partial charge on any atom is 0.246 e. The smallest absolute Gasteiger partial charge is 0.246 e. The van der Waals surface area contributed by atoms with Crippen LogP contribution in [-0.2, 0) is 16.1 Å². The van der Waals surface area contributed by atoms with E-state index >= 15 is 0 Å². The lowest BCUT2D eigenvalue weighted by atomic mass is 9.95. The van der Waals surface area contributed by atoms with Gasteiger partial charge in [-0.05, 0) is 30.0 Å². The van der Waals surface area contributed by atoms with Crippen molar-refractivity contribution in [3.63, 3.8) is 0 Å². The molecule has 1 aliphatic heterocycles. The zero-order valence-corrected chi connectivity index (χ0v) is 13.4. The molecule has 2 amide bonds. The molecule has 2 atom stereocenters. The van der Waals surface area contributed by atoms with E-state index in [2.05, 4.69) is 5.32 Å². The first-order valence-corrected chi connectivity index (χ1v) is 7.67. The molecule has 0 radical (unpaired) electrons. The molecule has 2 rings (SSSR count). The number of halogens is 1. The summed E-state index contributed by atoms with van der Waals surface area (Å²) >= 11 is 5.89. The number of carbonyl (C=O) groups excluding carboxylic acids is 2. The molecule has 0 aromatic heterocycles. The van der Waals surface area contributed by atoms with Gasteiger partial charge in [-0.1, -0.05) is 44.5 Å². The van der Waals surface area contributed by atoms with Gasteiger partial charge in [0.05, 0.1) is 0 Å². The van der Waals surface area contributed by atoms with Crippen LogP contribution >= 0.6 is 11.6 Å². The molecule has 0 bridgehead atoms. The summed E-state index contributed by atoms with van der Waals surface area (Å²) in [6.45, 7) is 6.25. The number of rotatable bonds is 4. The highest BCUT2D eigenvalue weighted by Gasteiger charge is 2.41. The molecular formula is C16H21ClN2O2. The quantitative estimate of drug-likeness (QED) is 0.929. The number of hydrogen-bond donors (Lipinski definition) is 1. The first kappa shape index (κ1) is 15.8. The molecule has 0 saturated carbocycles. The van der Waals surface area contributed by atoms with Crippen LogP contribution in [-0.4, -0.2) is 28.8 Å². The molecule has 0 aliphatic carbocycles. The van der Waals surface area contributed by atoms with Crippen molar-refractivity contribution in [3.8, 4) is 0 Å². The normalized spacial score (nSPS) is 22.6. The average molecular weight is 309 g/mol. The van der Waals surface area contributed by atoms with E-state index in [0.717, 1.165) is 5.56 Å². The Kier molecular flexibility index (Phi) is 4.88. The Labute approximate surface area is 130 Å². The Hall–Kier alpha value is -1.55. The first-order chi connectivity index (χ1) is 9.93. The molecule has 0 spiro atoms. The minimum Gasteiger partial charge on any atom is -0.343 e. The molecule has 4 nitrogen and oxygen atoms in total. The highest BCUT2D eigenvalue weighted by Crippen LogP contribution is 2.22. The molecule has 1 aliphatic rings. The number of nitrogens with zero attached hydrogens (tertiary/aromatic N) is 1. The molecule has 5 heteroatoms. The van der Waals surface area contributed by atoms with Gasteiger partial charge >= 0.3 is 0 Å². The lowest BCUT2D eigenvalue weighted by Crippen LogP contribution is -2.64. The number of benzene rings is 1. The van der Waals surface area contributed by atoms with E-state index in [1.165, 1.54) is 0 Å². The first-order valence-electron chi connectivity index (χ1n) is 7.29. The molecule has 1 heterocycles. The Morgan fingerprint density at radius 2 is 1.86 bits per heavy atom. The number of carbonyl (C=O) groups is 2. The summed E-state index contributed by atoms with van der Waals surface area (Å²) in [7, 11) is 0. The Morgan fingerprint density at radius 1 is 1.24 bits per heavy atom. The fraction of sp³-hybridized carbons (Fsp3) is 0.500. The van der Waals surface area contributed by atoms with Gasteiger partial charge in [0.1, 0.15) is 12.1 Å². The molecule has 1 fully saturated rings. The lowest BCUT2D eigenvalue weighted by molar-refractivity contribution is -0.152. The summed E-state index contributed by atoms with van der Waals surface area (Å²) in [5.74, 6) is -0.00443. The van der Waals surface area contributed by atoms with Crippen molar-refractivity contribution in [1.82, 2.24) is 10.2 Å². The zero-order chi connectivity index (χ0) is 15.6. The second-order valence-electron chi connectivity index (χ2n) is 5.75. The Morgan fingerprint density at radius 3 is 2.38 bits per heavy atom. The monoisotopic (exact) mass is 308 g/mol. The number of piperazine rings is 1. The molecular weight excluding hydrogens is 288 g/mol. The summed E-state index contributed by atoms with van der Waals surface area (Å²) in [6, 6.07) is 6.54. The summed E-state index contributed by atoms with van der Waals surface area (Å²) in [5, 5.41) is 3.48. The number of amides is 2. The van der Waals surface area contributed by atoms with E-state index in [1.807, 2.05) is 32.9 Å². The van der Waals surface area contributed by atoms with Gasteiger partial charge in [-0.15, -0.1) is 0 Å². The van der Waals surface area contributed by atoms with E-state index in [4.69, 9.17) is 11.6 Å². The van der Waals surface area contributed by atoms with Crippen molar-refractivity contribution in [1.29, 1.82) is 0 Å². The largest absolute Gasteiger partial charge is 0.343 e. The van der Waals surface area contributed by atoms with Crippen LogP contribution in [0.15, 0.2) is 24.3 Å². The van der Waals surface area contributed by atoms with Crippen LogP contribution in [0.5, 0.6) is 0 Å². The molecule has 2 unspecified atom stereocenters.